The normalized spacial score (nSPS) is 14.8. The van der Waals surface area contributed by atoms with Crippen molar-refractivity contribution >= 4 is 11.6 Å². The number of aromatic nitrogens is 2. The van der Waals surface area contributed by atoms with Crippen LogP contribution in [-0.2, 0) is 4.79 Å². The van der Waals surface area contributed by atoms with Crippen molar-refractivity contribution in [2.45, 2.75) is 20.3 Å². The fraction of sp³-hybridized carbons (Fsp3) is 0.357. The highest BCUT2D eigenvalue weighted by Crippen LogP contribution is 2.36. The molecule has 6 heteroatoms. The minimum absolute atomic E-state index is 0.0280. The van der Waals surface area contributed by atoms with Gasteiger partial charge in [0, 0.05) is 19.5 Å². The first kappa shape index (κ1) is 12.7. The summed E-state index contributed by atoms with van der Waals surface area (Å²) >= 11 is 0. The number of hydrogen-bond acceptors (Lipinski definition) is 5. The quantitative estimate of drug-likeness (QED) is 0.795. The second-order valence-corrected chi connectivity index (χ2v) is 4.81. The van der Waals surface area contributed by atoms with Crippen molar-refractivity contribution in [2.75, 3.05) is 18.6 Å². The zero-order chi connectivity index (χ0) is 14.3. The van der Waals surface area contributed by atoms with E-state index < -0.39 is 0 Å². The molecule has 0 bridgehead atoms. The Morgan fingerprint density at radius 3 is 2.75 bits per heavy atom. The minimum Gasteiger partial charge on any atom is -0.491 e. The van der Waals surface area contributed by atoms with Crippen LogP contribution in [0.5, 0.6) is 5.75 Å². The van der Waals surface area contributed by atoms with Crippen LogP contribution >= 0.6 is 0 Å². The number of ether oxygens (including phenoxy) is 1. The van der Waals surface area contributed by atoms with Gasteiger partial charge in [-0.1, -0.05) is 0 Å². The molecule has 1 aliphatic heterocycles. The van der Waals surface area contributed by atoms with Gasteiger partial charge < -0.3 is 14.1 Å². The van der Waals surface area contributed by atoms with Crippen LogP contribution in [0.4, 0.5) is 5.69 Å². The lowest BCUT2D eigenvalue weighted by Crippen LogP contribution is -2.25. The number of amides is 1. The molecule has 3 rings (SSSR count). The first-order valence-electron chi connectivity index (χ1n) is 6.41. The van der Waals surface area contributed by atoms with Gasteiger partial charge in [0.25, 0.3) is 0 Å². The molecule has 0 atom stereocenters. The lowest BCUT2D eigenvalue weighted by Gasteiger charge is -2.17. The van der Waals surface area contributed by atoms with Gasteiger partial charge in [0.2, 0.25) is 17.7 Å². The van der Waals surface area contributed by atoms with Crippen molar-refractivity contribution in [3.8, 4) is 17.2 Å². The van der Waals surface area contributed by atoms with Gasteiger partial charge in [0.1, 0.15) is 5.75 Å². The standard InChI is InChI=1S/C14H15N3O3/c1-8-6-12-11(17(3)13(18)4-5-19-12)7-10(8)14-16-15-9(2)20-14/h6-7H,4-5H2,1-3H3. The van der Waals surface area contributed by atoms with Gasteiger partial charge in [-0.25, -0.2) is 0 Å². The average molecular weight is 273 g/mol. The molecule has 0 spiro atoms. The third-order valence-corrected chi connectivity index (χ3v) is 3.37. The third kappa shape index (κ3) is 2.03. The van der Waals surface area contributed by atoms with E-state index in [0.717, 1.165) is 16.8 Å². The fourth-order valence-corrected chi connectivity index (χ4v) is 2.23. The summed E-state index contributed by atoms with van der Waals surface area (Å²) in [4.78, 5) is 13.5. The van der Waals surface area contributed by atoms with Crippen LogP contribution in [0.25, 0.3) is 11.5 Å². The van der Waals surface area contributed by atoms with Crippen LogP contribution < -0.4 is 9.64 Å². The van der Waals surface area contributed by atoms with Crippen LogP contribution in [0.2, 0.25) is 0 Å². The number of anilines is 1. The van der Waals surface area contributed by atoms with Gasteiger partial charge in [-0.3, -0.25) is 4.79 Å². The Hall–Kier alpha value is -2.37. The van der Waals surface area contributed by atoms with Crippen molar-refractivity contribution in [2.24, 2.45) is 0 Å². The molecular formula is C14H15N3O3. The number of benzene rings is 1. The predicted molar refractivity (Wildman–Crippen MR) is 72.7 cm³/mol. The number of aryl methyl sites for hydroxylation is 2. The molecule has 20 heavy (non-hydrogen) atoms. The van der Waals surface area contributed by atoms with Crippen molar-refractivity contribution in [3.63, 3.8) is 0 Å². The van der Waals surface area contributed by atoms with E-state index in [2.05, 4.69) is 10.2 Å². The molecule has 1 amide bonds. The molecule has 104 valence electrons. The number of fused-ring (bicyclic) bond motifs is 1. The summed E-state index contributed by atoms with van der Waals surface area (Å²) in [5.74, 6) is 1.69. The van der Waals surface area contributed by atoms with Crippen LogP contribution in [0.15, 0.2) is 16.5 Å². The Kier molecular flexibility index (Phi) is 2.93. The van der Waals surface area contributed by atoms with E-state index in [9.17, 15) is 4.79 Å². The Labute approximate surface area is 116 Å². The third-order valence-electron chi connectivity index (χ3n) is 3.37. The molecule has 0 saturated carbocycles. The highest BCUT2D eigenvalue weighted by molar-refractivity contribution is 5.96. The molecule has 0 unspecified atom stereocenters. The monoisotopic (exact) mass is 273 g/mol. The molecule has 0 radical (unpaired) electrons. The topological polar surface area (TPSA) is 68.5 Å². The summed E-state index contributed by atoms with van der Waals surface area (Å²) in [6.07, 6.45) is 0.374. The number of carbonyl (C=O) groups excluding carboxylic acids is 1. The zero-order valence-corrected chi connectivity index (χ0v) is 11.6. The first-order valence-corrected chi connectivity index (χ1v) is 6.41. The summed E-state index contributed by atoms with van der Waals surface area (Å²) in [6, 6.07) is 3.76. The van der Waals surface area contributed by atoms with Crippen LogP contribution in [0.3, 0.4) is 0 Å². The van der Waals surface area contributed by atoms with Gasteiger partial charge in [0.15, 0.2) is 0 Å². The van der Waals surface area contributed by atoms with Gasteiger partial charge in [-0.2, -0.15) is 0 Å². The van der Waals surface area contributed by atoms with Crippen LogP contribution in [-0.4, -0.2) is 29.8 Å². The van der Waals surface area contributed by atoms with E-state index in [1.54, 1.807) is 18.9 Å². The summed E-state index contributed by atoms with van der Waals surface area (Å²) in [5.41, 5.74) is 2.51. The maximum absolute atomic E-state index is 11.9. The van der Waals surface area contributed by atoms with E-state index in [4.69, 9.17) is 9.15 Å². The Balaban J connectivity index is 2.14. The van der Waals surface area contributed by atoms with E-state index in [1.165, 1.54) is 0 Å². The van der Waals surface area contributed by atoms with Crippen molar-refractivity contribution in [1.82, 2.24) is 10.2 Å². The summed E-state index contributed by atoms with van der Waals surface area (Å²) in [7, 11) is 1.74. The van der Waals surface area contributed by atoms with Gasteiger partial charge in [0.05, 0.1) is 18.7 Å². The highest BCUT2D eigenvalue weighted by atomic mass is 16.5. The molecular weight excluding hydrogens is 258 g/mol. The molecule has 2 heterocycles. The molecule has 0 fully saturated rings. The number of nitrogens with zero attached hydrogens (tertiary/aromatic N) is 3. The molecule has 1 aromatic heterocycles. The van der Waals surface area contributed by atoms with E-state index >= 15 is 0 Å². The molecule has 6 nitrogen and oxygen atoms in total. The largest absolute Gasteiger partial charge is 0.491 e. The van der Waals surface area contributed by atoms with E-state index in [-0.39, 0.29) is 5.91 Å². The lowest BCUT2D eigenvalue weighted by atomic mass is 10.1. The molecule has 0 saturated heterocycles. The van der Waals surface area contributed by atoms with Crippen LogP contribution in [0, 0.1) is 13.8 Å². The van der Waals surface area contributed by atoms with Gasteiger partial charge in [-0.15, -0.1) is 10.2 Å². The smallest absolute Gasteiger partial charge is 0.248 e. The van der Waals surface area contributed by atoms with E-state index in [1.807, 2.05) is 19.1 Å². The number of carbonyl (C=O) groups is 1. The highest BCUT2D eigenvalue weighted by Gasteiger charge is 2.22. The second-order valence-electron chi connectivity index (χ2n) is 4.81. The Morgan fingerprint density at radius 2 is 2.05 bits per heavy atom. The van der Waals surface area contributed by atoms with Crippen molar-refractivity contribution < 1.29 is 13.9 Å². The summed E-state index contributed by atoms with van der Waals surface area (Å²) in [5, 5.41) is 7.87. The van der Waals surface area contributed by atoms with Crippen molar-refractivity contribution in [1.29, 1.82) is 0 Å². The van der Waals surface area contributed by atoms with E-state index in [0.29, 0.717) is 30.6 Å². The molecule has 1 aliphatic rings. The number of hydrogen-bond donors (Lipinski definition) is 0. The fourth-order valence-electron chi connectivity index (χ4n) is 2.23. The molecule has 0 N–H and O–H groups in total. The first-order chi connectivity index (χ1) is 9.56. The lowest BCUT2D eigenvalue weighted by molar-refractivity contribution is -0.118. The predicted octanol–water partition coefficient (Wildman–Crippen LogP) is 2.10. The SMILES string of the molecule is Cc1nnc(-c2cc3c(cc2C)OCCC(=O)N3C)o1. The summed E-state index contributed by atoms with van der Waals surface area (Å²) < 4.78 is 11.1. The summed E-state index contributed by atoms with van der Waals surface area (Å²) in [6.45, 7) is 4.09. The van der Waals surface area contributed by atoms with Gasteiger partial charge >= 0.3 is 0 Å². The number of rotatable bonds is 1. The minimum atomic E-state index is 0.0280. The Morgan fingerprint density at radius 1 is 1.25 bits per heavy atom. The Bertz CT molecular complexity index is 678. The average Bonchev–Trinajstić information content (AvgIpc) is 2.79. The zero-order valence-electron chi connectivity index (χ0n) is 11.6. The molecule has 2 aromatic rings. The molecule has 1 aromatic carbocycles. The van der Waals surface area contributed by atoms with Crippen molar-refractivity contribution in [3.05, 3.63) is 23.6 Å². The second kappa shape index (κ2) is 4.63. The van der Waals surface area contributed by atoms with Gasteiger partial charge in [-0.05, 0) is 24.6 Å². The maximum Gasteiger partial charge on any atom is 0.248 e. The molecule has 0 aliphatic carbocycles. The maximum atomic E-state index is 11.9. The van der Waals surface area contributed by atoms with Crippen LogP contribution in [0.1, 0.15) is 17.9 Å².